The Morgan fingerprint density at radius 1 is 1.37 bits per heavy atom. The maximum Gasteiger partial charge on any atom is 0.387 e. The van der Waals surface area contributed by atoms with Gasteiger partial charge in [-0.1, -0.05) is 22.0 Å². The van der Waals surface area contributed by atoms with Gasteiger partial charge in [-0.25, -0.2) is 0 Å². The number of aryl methyl sites for hydroxylation is 1. The molecule has 3 nitrogen and oxygen atoms in total. The summed E-state index contributed by atoms with van der Waals surface area (Å²) in [5.74, 6) is -0.308. The van der Waals surface area contributed by atoms with Gasteiger partial charge in [0.15, 0.2) is 0 Å². The largest absolute Gasteiger partial charge is 0.466 e. The van der Waals surface area contributed by atoms with Crippen LogP contribution < -0.4 is 4.74 Å². The third-order valence-electron chi connectivity index (χ3n) is 2.52. The standard InChI is InChI=1S/C13H15BrF2O3/c1-3-18-12(17)6-9-5-11(19-13(15)16)10(7-14)4-8(9)2/h4-5,13H,3,6-7H2,1-2H3. The molecule has 6 heteroatoms. The molecule has 0 amide bonds. The molecule has 0 heterocycles. The van der Waals surface area contributed by atoms with E-state index in [4.69, 9.17) is 4.74 Å². The van der Waals surface area contributed by atoms with Crippen LogP contribution in [0.3, 0.4) is 0 Å². The van der Waals surface area contributed by atoms with Crippen LogP contribution in [0.1, 0.15) is 23.6 Å². The Labute approximate surface area is 119 Å². The molecule has 0 saturated heterocycles. The summed E-state index contributed by atoms with van der Waals surface area (Å²) >= 11 is 3.22. The molecule has 0 saturated carbocycles. The van der Waals surface area contributed by atoms with Gasteiger partial charge in [-0.15, -0.1) is 0 Å². The highest BCUT2D eigenvalue weighted by Gasteiger charge is 2.14. The van der Waals surface area contributed by atoms with Gasteiger partial charge >= 0.3 is 12.6 Å². The maximum absolute atomic E-state index is 12.3. The number of carbonyl (C=O) groups is 1. The van der Waals surface area contributed by atoms with E-state index in [-0.39, 0.29) is 24.7 Å². The van der Waals surface area contributed by atoms with E-state index < -0.39 is 6.61 Å². The first kappa shape index (κ1) is 15.9. The molecular formula is C13H15BrF2O3. The molecule has 1 aromatic rings. The van der Waals surface area contributed by atoms with E-state index in [1.807, 2.05) is 6.92 Å². The van der Waals surface area contributed by atoms with Crippen molar-refractivity contribution in [3.8, 4) is 5.75 Å². The Hall–Kier alpha value is -1.17. The zero-order chi connectivity index (χ0) is 14.4. The van der Waals surface area contributed by atoms with Crippen molar-refractivity contribution in [3.05, 3.63) is 28.8 Å². The normalized spacial score (nSPS) is 10.6. The van der Waals surface area contributed by atoms with Gasteiger partial charge in [0, 0.05) is 10.9 Å². The summed E-state index contributed by atoms with van der Waals surface area (Å²) in [4.78, 5) is 11.4. The lowest BCUT2D eigenvalue weighted by molar-refractivity contribution is -0.142. The van der Waals surface area contributed by atoms with Gasteiger partial charge < -0.3 is 9.47 Å². The van der Waals surface area contributed by atoms with Crippen molar-refractivity contribution in [2.75, 3.05) is 6.61 Å². The summed E-state index contributed by atoms with van der Waals surface area (Å²) in [5, 5.41) is 0.398. The molecule has 19 heavy (non-hydrogen) atoms. The van der Waals surface area contributed by atoms with Crippen molar-refractivity contribution >= 4 is 21.9 Å². The van der Waals surface area contributed by atoms with Crippen LogP contribution in [0.4, 0.5) is 8.78 Å². The Balaban J connectivity index is 3.01. The lowest BCUT2D eigenvalue weighted by Gasteiger charge is -2.13. The summed E-state index contributed by atoms with van der Waals surface area (Å²) in [6.45, 7) is 0.922. The number of hydrogen-bond donors (Lipinski definition) is 0. The first-order valence-electron chi connectivity index (χ1n) is 5.76. The minimum Gasteiger partial charge on any atom is -0.466 e. The number of halogens is 3. The maximum atomic E-state index is 12.3. The molecule has 1 rings (SSSR count). The highest BCUT2D eigenvalue weighted by Crippen LogP contribution is 2.27. The number of esters is 1. The van der Waals surface area contributed by atoms with Crippen molar-refractivity contribution in [1.29, 1.82) is 0 Å². The molecule has 0 N–H and O–H groups in total. The van der Waals surface area contributed by atoms with Crippen LogP contribution in [0.25, 0.3) is 0 Å². The quantitative estimate of drug-likeness (QED) is 0.588. The molecule has 0 atom stereocenters. The van der Waals surface area contributed by atoms with Crippen LogP contribution in [-0.4, -0.2) is 19.2 Å². The number of alkyl halides is 3. The fourth-order valence-corrected chi connectivity index (χ4v) is 2.10. The second kappa shape index (κ2) is 7.43. The number of hydrogen-bond acceptors (Lipinski definition) is 3. The summed E-state index contributed by atoms with van der Waals surface area (Å²) in [5.41, 5.74) is 2.08. The Kier molecular flexibility index (Phi) is 6.21. The number of benzene rings is 1. The molecule has 0 fully saturated rings. The van der Waals surface area contributed by atoms with Gasteiger partial charge in [-0.3, -0.25) is 4.79 Å². The Morgan fingerprint density at radius 3 is 2.58 bits per heavy atom. The molecule has 0 spiro atoms. The third kappa shape index (κ3) is 4.78. The summed E-state index contributed by atoms with van der Waals surface area (Å²) in [6.07, 6.45) is 0.0435. The summed E-state index contributed by atoms with van der Waals surface area (Å²) < 4.78 is 33.9. The molecular weight excluding hydrogens is 322 g/mol. The van der Waals surface area contributed by atoms with Gasteiger partial charge in [0.2, 0.25) is 0 Å². The van der Waals surface area contributed by atoms with Gasteiger partial charge in [0.1, 0.15) is 5.75 Å². The Morgan fingerprint density at radius 2 is 2.05 bits per heavy atom. The predicted molar refractivity (Wildman–Crippen MR) is 70.8 cm³/mol. The van der Waals surface area contributed by atoms with Crippen molar-refractivity contribution in [3.63, 3.8) is 0 Å². The fraction of sp³-hybridized carbons (Fsp3) is 0.462. The van der Waals surface area contributed by atoms with Gasteiger partial charge in [-0.2, -0.15) is 8.78 Å². The molecule has 0 aliphatic carbocycles. The van der Waals surface area contributed by atoms with E-state index >= 15 is 0 Å². The second-order valence-electron chi connectivity index (χ2n) is 3.88. The van der Waals surface area contributed by atoms with Crippen molar-refractivity contribution in [1.82, 2.24) is 0 Å². The first-order chi connectivity index (χ1) is 8.97. The molecule has 0 aliphatic rings. The monoisotopic (exact) mass is 336 g/mol. The highest BCUT2D eigenvalue weighted by atomic mass is 79.9. The van der Waals surface area contributed by atoms with Gasteiger partial charge in [0.05, 0.1) is 13.0 Å². The van der Waals surface area contributed by atoms with Crippen LogP contribution in [0.5, 0.6) is 5.75 Å². The number of rotatable bonds is 6. The minimum atomic E-state index is -2.89. The van der Waals surface area contributed by atoms with E-state index in [1.54, 1.807) is 13.0 Å². The number of ether oxygens (including phenoxy) is 2. The summed E-state index contributed by atoms with van der Waals surface area (Å²) in [6, 6.07) is 3.19. The molecule has 1 aromatic carbocycles. The van der Waals surface area contributed by atoms with Crippen molar-refractivity contribution in [2.24, 2.45) is 0 Å². The van der Waals surface area contributed by atoms with Crippen molar-refractivity contribution < 1.29 is 23.0 Å². The van der Waals surface area contributed by atoms with Crippen LogP contribution in [0.2, 0.25) is 0 Å². The minimum absolute atomic E-state index is 0.0435. The number of carbonyl (C=O) groups excluding carboxylic acids is 1. The summed E-state index contributed by atoms with van der Waals surface area (Å²) in [7, 11) is 0. The molecule has 0 aliphatic heterocycles. The van der Waals surface area contributed by atoms with Crippen LogP contribution in [0.15, 0.2) is 12.1 Å². The van der Waals surface area contributed by atoms with Crippen molar-refractivity contribution in [2.45, 2.75) is 32.2 Å². The van der Waals surface area contributed by atoms with Crippen LogP contribution in [-0.2, 0) is 21.3 Å². The SMILES string of the molecule is CCOC(=O)Cc1cc(OC(F)F)c(CBr)cc1C. The lowest BCUT2D eigenvalue weighted by Crippen LogP contribution is -2.10. The van der Waals surface area contributed by atoms with E-state index in [0.29, 0.717) is 16.5 Å². The first-order valence-corrected chi connectivity index (χ1v) is 6.88. The van der Waals surface area contributed by atoms with Crippen LogP contribution in [0, 0.1) is 6.92 Å². The zero-order valence-electron chi connectivity index (χ0n) is 10.7. The third-order valence-corrected chi connectivity index (χ3v) is 3.12. The van der Waals surface area contributed by atoms with Crippen LogP contribution >= 0.6 is 15.9 Å². The van der Waals surface area contributed by atoms with Gasteiger partial charge in [-0.05, 0) is 31.0 Å². The molecule has 106 valence electrons. The highest BCUT2D eigenvalue weighted by molar-refractivity contribution is 9.08. The average Bonchev–Trinajstić information content (AvgIpc) is 2.32. The second-order valence-corrected chi connectivity index (χ2v) is 4.44. The fourth-order valence-electron chi connectivity index (χ4n) is 1.66. The zero-order valence-corrected chi connectivity index (χ0v) is 12.3. The molecule has 0 radical (unpaired) electrons. The predicted octanol–water partition coefficient (Wildman–Crippen LogP) is 3.60. The smallest absolute Gasteiger partial charge is 0.387 e. The average molecular weight is 337 g/mol. The lowest BCUT2D eigenvalue weighted by atomic mass is 10.0. The van der Waals surface area contributed by atoms with E-state index in [0.717, 1.165) is 5.56 Å². The molecule has 0 unspecified atom stereocenters. The van der Waals surface area contributed by atoms with E-state index in [2.05, 4.69) is 20.7 Å². The Bertz CT molecular complexity index is 450. The molecule has 0 bridgehead atoms. The van der Waals surface area contributed by atoms with E-state index in [1.165, 1.54) is 6.07 Å². The molecule has 0 aromatic heterocycles. The van der Waals surface area contributed by atoms with Gasteiger partial charge in [0.25, 0.3) is 0 Å². The topological polar surface area (TPSA) is 35.5 Å². The van der Waals surface area contributed by atoms with E-state index in [9.17, 15) is 13.6 Å².